The highest BCUT2D eigenvalue weighted by molar-refractivity contribution is 5.76. The molecule has 0 bridgehead atoms. The first-order valence-corrected chi connectivity index (χ1v) is 13.1. The molecule has 10 nitrogen and oxygen atoms in total. The maximum atomic E-state index is 12.2. The average Bonchev–Trinajstić information content (AvgIpc) is 3.25. The van der Waals surface area contributed by atoms with E-state index in [2.05, 4.69) is 52.6 Å². The van der Waals surface area contributed by atoms with Gasteiger partial charge in [0, 0.05) is 64.6 Å². The number of anilines is 1. The van der Waals surface area contributed by atoms with Crippen molar-refractivity contribution in [2.45, 2.75) is 52.1 Å². The number of benzene rings is 1. The molecule has 0 unspecified atom stereocenters. The molecule has 10 heteroatoms. The molecule has 0 spiro atoms. The second-order valence-corrected chi connectivity index (χ2v) is 9.45. The summed E-state index contributed by atoms with van der Waals surface area (Å²) in [5, 5.41) is 15.8. The number of carbonyl (C=O) groups is 3. The molecule has 3 rings (SSSR count). The number of hydrogen-bond acceptors (Lipinski definition) is 6. The van der Waals surface area contributed by atoms with Crippen molar-refractivity contribution < 1.29 is 29.3 Å². The summed E-state index contributed by atoms with van der Waals surface area (Å²) in [6.07, 6.45) is 2.06. The molecule has 2 aromatic rings. The van der Waals surface area contributed by atoms with Crippen LogP contribution in [0.1, 0.15) is 50.4 Å². The van der Waals surface area contributed by atoms with Gasteiger partial charge in [-0.05, 0) is 30.7 Å². The molecular formula is C28H42N4O6. The van der Waals surface area contributed by atoms with Crippen molar-refractivity contribution in [2.75, 3.05) is 45.2 Å². The Kier molecular flexibility index (Phi) is 12.6. The number of piperazine rings is 1. The van der Waals surface area contributed by atoms with Crippen LogP contribution in [0.2, 0.25) is 0 Å². The summed E-state index contributed by atoms with van der Waals surface area (Å²) in [5.41, 5.74) is 3.66. The number of carboxylic acids is 2. The molecule has 1 aromatic carbocycles. The minimum absolute atomic E-state index is 0.229. The maximum absolute atomic E-state index is 12.2. The number of nitrogens with zero attached hydrogens (tertiary/aromatic N) is 4. The molecule has 0 atom stereocenters. The summed E-state index contributed by atoms with van der Waals surface area (Å²) in [4.78, 5) is 38.3. The summed E-state index contributed by atoms with van der Waals surface area (Å²) >= 11 is 0. The summed E-state index contributed by atoms with van der Waals surface area (Å²) in [7, 11) is 5.75. The number of aliphatic carboxylic acids is 2. The molecule has 2 heterocycles. The van der Waals surface area contributed by atoms with Gasteiger partial charge in [0.15, 0.2) is 0 Å². The third kappa shape index (κ3) is 9.74. The third-order valence-corrected chi connectivity index (χ3v) is 6.64. The Morgan fingerprint density at radius 2 is 1.53 bits per heavy atom. The van der Waals surface area contributed by atoms with Crippen LogP contribution in [0.5, 0.6) is 5.75 Å². The quantitative estimate of drug-likeness (QED) is 0.429. The molecule has 1 aromatic heterocycles. The lowest BCUT2D eigenvalue weighted by molar-refractivity contribution is -0.143. The summed E-state index contributed by atoms with van der Waals surface area (Å²) in [5.74, 6) is -0.984. The van der Waals surface area contributed by atoms with Crippen molar-refractivity contribution in [1.82, 2.24) is 14.4 Å². The van der Waals surface area contributed by atoms with Crippen molar-refractivity contribution in [3.8, 4) is 5.75 Å². The highest BCUT2D eigenvalue weighted by Gasteiger charge is 2.21. The molecule has 1 amide bonds. The van der Waals surface area contributed by atoms with E-state index in [0.717, 1.165) is 51.3 Å². The zero-order chi connectivity index (χ0) is 28.1. The number of para-hydroxylation sites is 2. The molecule has 210 valence electrons. The number of ether oxygens (including phenoxy) is 1. The lowest BCUT2D eigenvalue weighted by atomic mass is 10.2. The number of carbonyl (C=O) groups excluding carboxylic acids is 1. The highest BCUT2D eigenvalue weighted by atomic mass is 16.5. The average molecular weight is 531 g/mol. The fraction of sp³-hybridized carbons (Fsp3) is 0.536. The van der Waals surface area contributed by atoms with Gasteiger partial charge in [0.25, 0.3) is 0 Å². The number of methoxy groups -OCH3 is 1. The Morgan fingerprint density at radius 3 is 2.11 bits per heavy atom. The molecule has 0 saturated carbocycles. The monoisotopic (exact) mass is 530 g/mol. The molecule has 1 fully saturated rings. The van der Waals surface area contributed by atoms with E-state index in [1.165, 1.54) is 17.1 Å². The van der Waals surface area contributed by atoms with E-state index in [0.29, 0.717) is 13.0 Å². The number of hydrogen-bond donors (Lipinski definition) is 2. The summed E-state index contributed by atoms with van der Waals surface area (Å²) < 4.78 is 7.77. The Bertz CT molecular complexity index is 1030. The lowest BCUT2D eigenvalue weighted by Gasteiger charge is -2.36. The van der Waals surface area contributed by atoms with Crippen LogP contribution < -0.4 is 9.64 Å². The molecule has 0 radical (unpaired) electrons. The van der Waals surface area contributed by atoms with Crippen LogP contribution in [-0.2, 0) is 34.5 Å². The molecular weight excluding hydrogens is 488 g/mol. The molecule has 38 heavy (non-hydrogen) atoms. The lowest BCUT2D eigenvalue weighted by Crippen LogP contribution is -2.46. The van der Waals surface area contributed by atoms with Crippen LogP contribution in [0.25, 0.3) is 0 Å². The first kappa shape index (κ1) is 30.7. The van der Waals surface area contributed by atoms with E-state index in [1.54, 1.807) is 7.11 Å². The van der Waals surface area contributed by atoms with E-state index in [-0.39, 0.29) is 18.7 Å². The highest BCUT2D eigenvalue weighted by Crippen LogP contribution is 2.28. The van der Waals surface area contributed by atoms with Crippen LogP contribution in [0, 0.1) is 0 Å². The number of carboxylic acid groups (broad SMARTS) is 2. The standard InChI is InChI=1S/C24H36N4O2.C4H6O4/c1-5-6-11-24(29)25(2)18-20-12-13-21(26(20)3)19-27-14-16-28(17-15-27)22-9-7-8-10-23(22)30-4;5-3(6)1-2-4(7)8/h7-10,12-13H,5-6,11,14-19H2,1-4H3;1-2H2,(H,5,6)(H,7,8). The van der Waals surface area contributed by atoms with Gasteiger partial charge >= 0.3 is 11.9 Å². The summed E-state index contributed by atoms with van der Waals surface area (Å²) in [6.45, 7) is 7.75. The fourth-order valence-corrected chi connectivity index (χ4v) is 4.25. The number of amides is 1. The largest absolute Gasteiger partial charge is 0.495 e. The Morgan fingerprint density at radius 1 is 0.921 bits per heavy atom. The van der Waals surface area contributed by atoms with Crippen LogP contribution in [0.4, 0.5) is 5.69 Å². The normalized spacial score (nSPS) is 13.4. The van der Waals surface area contributed by atoms with Gasteiger partial charge in [-0.15, -0.1) is 0 Å². The Labute approximate surface area is 225 Å². The van der Waals surface area contributed by atoms with E-state index in [1.807, 2.05) is 24.1 Å². The smallest absolute Gasteiger partial charge is 0.303 e. The number of aromatic nitrogens is 1. The van der Waals surface area contributed by atoms with E-state index < -0.39 is 11.9 Å². The van der Waals surface area contributed by atoms with Crippen molar-refractivity contribution in [1.29, 1.82) is 0 Å². The van der Waals surface area contributed by atoms with Crippen molar-refractivity contribution in [3.05, 3.63) is 47.8 Å². The van der Waals surface area contributed by atoms with Crippen LogP contribution in [-0.4, -0.2) is 82.8 Å². The SMILES string of the molecule is CCCCC(=O)N(C)Cc1ccc(CN2CCN(c3ccccc3OC)CC2)n1C.O=C(O)CCC(=O)O. The van der Waals surface area contributed by atoms with Crippen LogP contribution in [0.15, 0.2) is 36.4 Å². The summed E-state index contributed by atoms with van der Waals surface area (Å²) in [6, 6.07) is 12.6. The van der Waals surface area contributed by atoms with E-state index >= 15 is 0 Å². The second-order valence-electron chi connectivity index (χ2n) is 9.45. The molecule has 1 aliphatic heterocycles. The van der Waals surface area contributed by atoms with E-state index in [9.17, 15) is 14.4 Å². The van der Waals surface area contributed by atoms with Crippen molar-refractivity contribution >= 4 is 23.5 Å². The minimum atomic E-state index is -1.08. The first-order chi connectivity index (χ1) is 18.2. The minimum Gasteiger partial charge on any atom is -0.495 e. The molecule has 2 N–H and O–H groups in total. The van der Waals surface area contributed by atoms with Crippen molar-refractivity contribution in [3.63, 3.8) is 0 Å². The van der Waals surface area contributed by atoms with Gasteiger partial charge < -0.3 is 29.3 Å². The van der Waals surface area contributed by atoms with Gasteiger partial charge in [-0.25, -0.2) is 0 Å². The van der Waals surface area contributed by atoms with Gasteiger partial charge in [0.1, 0.15) is 5.75 Å². The Balaban J connectivity index is 0.000000550. The third-order valence-electron chi connectivity index (χ3n) is 6.64. The molecule has 1 saturated heterocycles. The van der Waals surface area contributed by atoms with Gasteiger partial charge in [-0.1, -0.05) is 25.5 Å². The van der Waals surface area contributed by atoms with Gasteiger partial charge in [-0.3, -0.25) is 19.3 Å². The van der Waals surface area contributed by atoms with Gasteiger partial charge in [-0.2, -0.15) is 0 Å². The zero-order valence-corrected chi connectivity index (χ0v) is 23.1. The predicted octanol–water partition coefficient (Wildman–Crippen LogP) is 3.44. The zero-order valence-electron chi connectivity index (χ0n) is 23.1. The topological polar surface area (TPSA) is 116 Å². The number of rotatable bonds is 12. The predicted molar refractivity (Wildman–Crippen MR) is 146 cm³/mol. The number of unbranched alkanes of at least 4 members (excludes halogenated alkanes) is 1. The maximum Gasteiger partial charge on any atom is 0.303 e. The second kappa shape index (κ2) is 15.7. The molecule has 0 aliphatic carbocycles. The van der Waals surface area contributed by atoms with Gasteiger partial charge in [0.2, 0.25) is 5.91 Å². The Hall–Kier alpha value is -3.53. The first-order valence-electron chi connectivity index (χ1n) is 13.1. The van der Waals surface area contributed by atoms with Crippen LogP contribution in [0.3, 0.4) is 0 Å². The van der Waals surface area contributed by atoms with Crippen molar-refractivity contribution in [2.24, 2.45) is 7.05 Å². The van der Waals surface area contributed by atoms with Crippen LogP contribution >= 0.6 is 0 Å². The van der Waals surface area contributed by atoms with E-state index in [4.69, 9.17) is 14.9 Å². The molecule has 1 aliphatic rings. The fourth-order valence-electron chi connectivity index (χ4n) is 4.25. The van der Waals surface area contributed by atoms with Gasteiger partial charge in [0.05, 0.1) is 32.2 Å².